The van der Waals surface area contributed by atoms with Crippen molar-refractivity contribution in [3.8, 4) is 45.3 Å². The van der Waals surface area contributed by atoms with Gasteiger partial charge in [-0.2, -0.15) is 0 Å². The monoisotopic (exact) mass is 625 g/mol. The normalized spacial score (nSPS) is 11.7. The van der Waals surface area contributed by atoms with Crippen LogP contribution in [0.3, 0.4) is 0 Å². The molecule has 0 N–H and O–H groups in total. The topological polar surface area (TPSA) is 51.8 Å². The van der Waals surface area contributed by atoms with Crippen molar-refractivity contribution in [3.05, 3.63) is 164 Å². The van der Waals surface area contributed by atoms with E-state index >= 15 is 0 Å². The predicted octanol–water partition coefficient (Wildman–Crippen LogP) is 11.9. The number of aromatic nitrogens is 3. The number of furan rings is 1. The minimum absolute atomic E-state index is 0.601. The maximum absolute atomic E-state index is 6.69. The van der Waals surface area contributed by atoms with Gasteiger partial charge in [0, 0.05) is 32.8 Å². The van der Waals surface area contributed by atoms with E-state index in [0.29, 0.717) is 17.5 Å². The molecule has 8 aromatic carbocycles. The molecule has 10 aromatic rings. The molecule has 0 aliphatic rings. The first-order chi connectivity index (χ1) is 24.3. The second kappa shape index (κ2) is 11.0. The predicted molar refractivity (Wildman–Crippen MR) is 201 cm³/mol. The van der Waals surface area contributed by atoms with Crippen LogP contribution >= 0.6 is 0 Å². The van der Waals surface area contributed by atoms with E-state index < -0.39 is 0 Å². The highest BCUT2D eigenvalue weighted by molar-refractivity contribution is 6.22. The zero-order valence-corrected chi connectivity index (χ0v) is 26.3. The van der Waals surface area contributed by atoms with Crippen LogP contribution in [0.2, 0.25) is 0 Å². The van der Waals surface area contributed by atoms with Gasteiger partial charge in [0.2, 0.25) is 0 Å². The molecule has 0 fully saturated rings. The van der Waals surface area contributed by atoms with Crippen LogP contribution in [-0.2, 0) is 0 Å². The molecule has 0 aliphatic heterocycles. The summed E-state index contributed by atoms with van der Waals surface area (Å²) in [5.41, 5.74) is 6.79. The van der Waals surface area contributed by atoms with Crippen LogP contribution in [0.4, 0.5) is 0 Å². The van der Waals surface area contributed by atoms with E-state index in [4.69, 9.17) is 19.4 Å². The van der Waals surface area contributed by atoms with Gasteiger partial charge in [-0.1, -0.05) is 152 Å². The van der Waals surface area contributed by atoms with Gasteiger partial charge in [-0.05, 0) is 50.2 Å². The summed E-state index contributed by atoms with van der Waals surface area (Å²) in [6, 6.07) is 56.8. The highest BCUT2D eigenvalue weighted by Gasteiger charge is 2.21. The van der Waals surface area contributed by atoms with Crippen LogP contribution < -0.4 is 0 Å². The molecule has 4 nitrogen and oxygen atoms in total. The number of hydrogen-bond acceptors (Lipinski definition) is 4. The minimum Gasteiger partial charge on any atom is -0.455 e. The van der Waals surface area contributed by atoms with Gasteiger partial charge in [0.1, 0.15) is 11.2 Å². The Morgan fingerprint density at radius 2 is 0.837 bits per heavy atom. The summed E-state index contributed by atoms with van der Waals surface area (Å²) >= 11 is 0. The van der Waals surface area contributed by atoms with E-state index in [1.54, 1.807) is 0 Å². The quantitative estimate of drug-likeness (QED) is 0.195. The van der Waals surface area contributed by atoms with Crippen molar-refractivity contribution in [1.29, 1.82) is 0 Å². The molecule has 0 saturated carbocycles. The molecule has 49 heavy (non-hydrogen) atoms. The molecule has 2 heterocycles. The zero-order valence-electron chi connectivity index (χ0n) is 26.3. The molecular formula is C45H27N3O. The van der Waals surface area contributed by atoms with E-state index in [1.165, 1.54) is 0 Å². The van der Waals surface area contributed by atoms with Gasteiger partial charge in [0.15, 0.2) is 17.5 Å². The lowest BCUT2D eigenvalue weighted by Gasteiger charge is -2.12. The van der Waals surface area contributed by atoms with Gasteiger partial charge in [0.25, 0.3) is 0 Å². The summed E-state index contributed by atoms with van der Waals surface area (Å²) in [6.07, 6.45) is 0. The second-order valence-electron chi connectivity index (χ2n) is 12.4. The first-order valence-corrected chi connectivity index (χ1v) is 16.5. The van der Waals surface area contributed by atoms with Crippen molar-refractivity contribution in [3.63, 3.8) is 0 Å². The van der Waals surface area contributed by atoms with Gasteiger partial charge >= 0.3 is 0 Å². The Morgan fingerprint density at radius 1 is 0.347 bits per heavy atom. The molecule has 0 radical (unpaired) electrons. The lowest BCUT2D eigenvalue weighted by molar-refractivity contribution is 0.673. The van der Waals surface area contributed by atoms with Crippen LogP contribution in [0.1, 0.15) is 0 Å². The summed E-state index contributed by atoms with van der Waals surface area (Å²) in [5.74, 6) is 1.86. The maximum Gasteiger partial charge on any atom is 0.164 e. The maximum atomic E-state index is 6.69. The third-order valence-corrected chi connectivity index (χ3v) is 9.52. The number of nitrogens with zero attached hydrogens (tertiary/aromatic N) is 3. The van der Waals surface area contributed by atoms with Crippen LogP contribution in [0.25, 0.3) is 99.5 Å². The number of rotatable bonds is 4. The third kappa shape index (κ3) is 4.42. The Hall–Kier alpha value is -6.65. The standard InChI is InChI=1S/C45H27N3O/c1-2-13-30(14-3-1)38-27-39-41-37(25-12-26-40(41)49-42(39)34-22-9-8-21-33(34)38)45-47-43(35-23-10-17-28-15-4-6-19-31(28)35)46-44(48-45)36-24-11-18-29-16-5-7-20-32(29)36/h1-27H. The Balaban J connectivity index is 1.30. The van der Waals surface area contributed by atoms with Gasteiger partial charge in [-0.15, -0.1) is 0 Å². The smallest absolute Gasteiger partial charge is 0.164 e. The minimum atomic E-state index is 0.601. The van der Waals surface area contributed by atoms with E-state index in [9.17, 15) is 0 Å². The molecule has 0 aliphatic carbocycles. The highest BCUT2D eigenvalue weighted by Crippen LogP contribution is 2.43. The summed E-state index contributed by atoms with van der Waals surface area (Å²) < 4.78 is 6.69. The van der Waals surface area contributed by atoms with Crippen LogP contribution in [0.5, 0.6) is 0 Å². The first-order valence-electron chi connectivity index (χ1n) is 16.5. The number of benzene rings is 8. The van der Waals surface area contributed by atoms with E-state index in [0.717, 1.165) is 82.1 Å². The van der Waals surface area contributed by atoms with Crippen LogP contribution in [0.15, 0.2) is 168 Å². The molecule has 10 rings (SSSR count). The van der Waals surface area contributed by atoms with Crippen molar-refractivity contribution in [2.75, 3.05) is 0 Å². The Morgan fingerprint density at radius 3 is 1.49 bits per heavy atom. The molecule has 2 aromatic heterocycles. The Bertz CT molecular complexity index is 2780. The van der Waals surface area contributed by atoms with E-state index in [1.807, 2.05) is 12.1 Å². The zero-order chi connectivity index (χ0) is 32.3. The molecule has 0 spiro atoms. The molecule has 0 unspecified atom stereocenters. The molecule has 0 atom stereocenters. The van der Waals surface area contributed by atoms with Gasteiger partial charge in [-0.25, -0.2) is 15.0 Å². The fourth-order valence-corrected chi connectivity index (χ4v) is 7.27. The largest absolute Gasteiger partial charge is 0.455 e. The van der Waals surface area contributed by atoms with Crippen molar-refractivity contribution < 1.29 is 4.42 Å². The lowest BCUT2D eigenvalue weighted by Crippen LogP contribution is -2.01. The average molecular weight is 626 g/mol. The lowest BCUT2D eigenvalue weighted by atomic mass is 9.94. The summed E-state index contributed by atoms with van der Waals surface area (Å²) in [4.78, 5) is 15.7. The Labute approximate surface area is 282 Å². The van der Waals surface area contributed by atoms with Gasteiger partial charge in [-0.3, -0.25) is 0 Å². The molecule has 4 heteroatoms. The molecule has 0 saturated heterocycles. The molecule has 0 bridgehead atoms. The number of hydrogen-bond donors (Lipinski definition) is 0. The fraction of sp³-hybridized carbons (Fsp3) is 0. The summed E-state index contributed by atoms with van der Waals surface area (Å²) in [7, 11) is 0. The molecular weight excluding hydrogens is 599 g/mol. The van der Waals surface area contributed by atoms with Crippen molar-refractivity contribution in [1.82, 2.24) is 15.0 Å². The fourth-order valence-electron chi connectivity index (χ4n) is 7.27. The second-order valence-corrected chi connectivity index (χ2v) is 12.4. The Kier molecular flexibility index (Phi) is 6.15. The third-order valence-electron chi connectivity index (χ3n) is 9.52. The number of fused-ring (bicyclic) bond motifs is 7. The van der Waals surface area contributed by atoms with Crippen molar-refractivity contribution in [2.45, 2.75) is 0 Å². The van der Waals surface area contributed by atoms with Gasteiger partial charge in [0.05, 0.1) is 0 Å². The average Bonchev–Trinajstić information content (AvgIpc) is 3.56. The van der Waals surface area contributed by atoms with Crippen LogP contribution in [0, 0.1) is 0 Å². The molecule has 228 valence electrons. The highest BCUT2D eigenvalue weighted by atomic mass is 16.3. The summed E-state index contributed by atoms with van der Waals surface area (Å²) in [6.45, 7) is 0. The van der Waals surface area contributed by atoms with Gasteiger partial charge < -0.3 is 4.42 Å². The van der Waals surface area contributed by atoms with Crippen molar-refractivity contribution in [2.24, 2.45) is 0 Å². The first kappa shape index (κ1) is 27.5. The van der Waals surface area contributed by atoms with Crippen molar-refractivity contribution >= 4 is 54.3 Å². The SMILES string of the molecule is c1ccc(-c2cc3c(oc4cccc(-c5nc(-c6cccc7ccccc67)nc(-c6cccc7ccccc67)n5)c43)c3ccccc23)cc1. The molecule has 0 amide bonds. The van der Waals surface area contributed by atoms with E-state index in [-0.39, 0.29) is 0 Å². The van der Waals surface area contributed by atoms with Crippen LogP contribution in [-0.4, -0.2) is 15.0 Å². The van der Waals surface area contributed by atoms with E-state index in [2.05, 4.69) is 152 Å². The summed E-state index contributed by atoms with van der Waals surface area (Å²) in [5, 5.41) is 8.70.